The van der Waals surface area contributed by atoms with Crippen LogP contribution in [0.15, 0.2) is 24.7 Å². The molecule has 0 aliphatic carbocycles. The van der Waals surface area contributed by atoms with Crippen molar-refractivity contribution in [3.05, 3.63) is 24.7 Å². The highest BCUT2D eigenvalue weighted by Crippen LogP contribution is 2.07. The van der Waals surface area contributed by atoms with Crippen LogP contribution >= 0.6 is 0 Å². The number of aromatic nitrogens is 3. The van der Waals surface area contributed by atoms with Gasteiger partial charge in [-0.25, -0.2) is 9.97 Å². The fourth-order valence-corrected chi connectivity index (χ4v) is 0.873. The van der Waals surface area contributed by atoms with Crippen molar-refractivity contribution in [2.45, 2.75) is 0 Å². The SMILES string of the molecule is [2H]Nc1ncc2ccncc2n1. The quantitative estimate of drug-likeness (QED) is 0.641. The fraction of sp³-hybridized carbons (Fsp3) is 0. The van der Waals surface area contributed by atoms with E-state index in [4.69, 9.17) is 1.41 Å². The predicted molar refractivity (Wildman–Crippen MR) is 41.7 cm³/mol. The molecule has 0 aliphatic heterocycles. The van der Waals surface area contributed by atoms with E-state index in [1.807, 2.05) is 6.07 Å². The van der Waals surface area contributed by atoms with Crippen molar-refractivity contribution in [3.63, 3.8) is 0 Å². The molecule has 0 unspecified atom stereocenters. The first-order valence-corrected chi connectivity index (χ1v) is 3.14. The molecule has 0 aliphatic rings. The summed E-state index contributed by atoms with van der Waals surface area (Å²) in [4.78, 5) is 11.8. The van der Waals surface area contributed by atoms with Crippen LogP contribution in [0.3, 0.4) is 0 Å². The molecule has 2 rings (SSSR count). The van der Waals surface area contributed by atoms with Crippen LogP contribution in [-0.4, -0.2) is 15.0 Å². The van der Waals surface area contributed by atoms with Gasteiger partial charge in [0, 0.05) is 17.8 Å². The van der Waals surface area contributed by atoms with Crippen LogP contribution in [-0.2, 0) is 0 Å². The summed E-state index contributed by atoms with van der Waals surface area (Å²) in [5, 5.41) is 0.920. The molecule has 0 atom stereocenters. The van der Waals surface area contributed by atoms with Crippen LogP contribution < -0.4 is 5.73 Å². The Balaban J connectivity index is 2.67. The number of pyridine rings is 1. The lowest BCUT2D eigenvalue weighted by Gasteiger charge is -1.94. The molecule has 4 nitrogen and oxygen atoms in total. The summed E-state index contributed by atoms with van der Waals surface area (Å²) in [5.74, 6) is 0.288. The smallest absolute Gasteiger partial charge is 0.220 e. The molecule has 2 aromatic rings. The summed E-state index contributed by atoms with van der Waals surface area (Å²) in [5.41, 5.74) is 2.86. The van der Waals surface area contributed by atoms with Crippen LogP contribution in [0.2, 0.25) is 1.41 Å². The van der Waals surface area contributed by atoms with E-state index in [9.17, 15) is 0 Å². The van der Waals surface area contributed by atoms with Crippen LogP contribution in [0, 0.1) is 0 Å². The largest absolute Gasteiger partial charge is 0.368 e. The average Bonchev–Trinajstić information content (AvgIpc) is 2.17. The maximum atomic E-state index is 6.82. The average molecular weight is 147 g/mol. The predicted octanol–water partition coefficient (Wildman–Crippen LogP) is 0.607. The molecule has 0 fully saturated rings. The van der Waals surface area contributed by atoms with Crippen LogP contribution in [0.1, 0.15) is 0 Å². The molecule has 0 bridgehead atoms. The number of nitrogens with zero attached hydrogens (tertiary/aromatic N) is 3. The third-order valence-electron chi connectivity index (χ3n) is 1.39. The number of hydrogen-bond acceptors (Lipinski definition) is 4. The summed E-state index contributed by atoms with van der Waals surface area (Å²) >= 11 is 0. The summed E-state index contributed by atoms with van der Waals surface area (Å²) in [7, 11) is 0. The molecule has 11 heavy (non-hydrogen) atoms. The van der Waals surface area contributed by atoms with Gasteiger partial charge in [-0.15, -0.1) is 0 Å². The first kappa shape index (κ1) is 5.01. The van der Waals surface area contributed by atoms with Crippen molar-refractivity contribution in [1.82, 2.24) is 15.0 Å². The lowest BCUT2D eigenvalue weighted by Crippen LogP contribution is -1.93. The molecule has 0 spiro atoms. The van der Waals surface area contributed by atoms with Gasteiger partial charge in [0.1, 0.15) is 0 Å². The number of anilines is 1. The second-order valence-electron chi connectivity index (χ2n) is 2.13. The van der Waals surface area contributed by atoms with E-state index < -0.39 is 0 Å². The molecule has 0 saturated heterocycles. The van der Waals surface area contributed by atoms with Gasteiger partial charge >= 0.3 is 0 Å². The van der Waals surface area contributed by atoms with Crippen LogP contribution in [0.4, 0.5) is 5.95 Å². The Labute approximate surface area is 64.6 Å². The van der Waals surface area contributed by atoms with Crippen molar-refractivity contribution in [2.75, 3.05) is 5.73 Å². The van der Waals surface area contributed by atoms with E-state index in [1.165, 1.54) is 0 Å². The highest BCUT2D eigenvalue weighted by molar-refractivity contribution is 5.76. The summed E-state index contributed by atoms with van der Waals surface area (Å²) in [6.07, 6.45) is 4.97. The van der Waals surface area contributed by atoms with E-state index in [0.29, 0.717) is 0 Å². The van der Waals surface area contributed by atoms with Gasteiger partial charge in [0.05, 0.1) is 11.7 Å². The topological polar surface area (TPSA) is 64.7 Å². The van der Waals surface area contributed by atoms with Gasteiger partial charge in [0.15, 0.2) is 1.41 Å². The van der Waals surface area contributed by atoms with E-state index in [-0.39, 0.29) is 5.95 Å². The van der Waals surface area contributed by atoms with E-state index in [1.54, 1.807) is 18.6 Å². The lowest BCUT2D eigenvalue weighted by molar-refractivity contribution is 1.22. The molecule has 0 saturated carbocycles. The maximum absolute atomic E-state index is 6.82. The minimum Gasteiger partial charge on any atom is -0.368 e. The van der Waals surface area contributed by atoms with Gasteiger partial charge in [-0.3, -0.25) is 4.98 Å². The third-order valence-corrected chi connectivity index (χ3v) is 1.39. The molecular formula is C7H6N4. The molecule has 4 heteroatoms. The van der Waals surface area contributed by atoms with Crippen molar-refractivity contribution < 1.29 is 1.41 Å². The Morgan fingerprint density at radius 1 is 1.45 bits per heavy atom. The second-order valence-corrected chi connectivity index (χ2v) is 2.13. The van der Waals surface area contributed by atoms with Gasteiger partial charge < -0.3 is 5.73 Å². The molecule has 0 amide bonds. The zero-order chi connectivity index (χ0) is 8.39. The second kappa shape index (κ2) is 2.16. The number of hydrogen-bond donors (Lipinski definition) is 1. The van der Waals surface area contributed by atoms with Crippen molar-refractivity contribution >= 4 is 16.9 Å². The first-order valence-electron chi connectivity index (χ1n) is 3.64. The minimum atomic E-state index is 0.288. The molecule has 0 radical (unpaired) electrons. The summed E-state index contributed by atoms with van der Waals surface area (Å²) < 4.78 is 6.82. The Hall–Kier alpha value is -1.71. The van der Waals surface area contributed by atoms with Gasteiger partial charge in [0.25, 0.3) is 0 Å². The van der Waals surface area contributed by atoms with E-state index in [2.05, 4.69) is 20.7 Å². The third kappa shape index (κ3) is 0.980. The van der Waals surface area contributed by atoms with Gasteiger partial charge in [-0.05, 0) is 6.07 Å². The van der Waals surface area contributed by atoms with Crippen molar-refractivity contribution in [3.8, 4) is 0 Å². The monoisotopic (exact) mass is 147 g/mol. The zero-order valence-corrected chi connectivity index (χ0v) is 5.65. The highest BCUT2D eigenvalue weighted by Gasteiger charge is 1.93. The van der Waals surface area contributed by atoms with Crippen molar-refractivity contribution in [2.24, 2.45) is 0 Å². The highest BCUT2D eigenvalue weighted by atomic mass is 15.0. The molecular weight excluding hydrogens is 140 g/mol. The first-order chi connectivity index (χ1) is 5.90. The normalized spacial score (nSPS) is 11.1. The Kier molecular flexibility index (Phi) is 0.982. The number of rotatable bonds is 1. The van der Waals surface area contributed by atoms with E-state index >= 15 is 0 Å². The standard InChI is InChI=1S/C7H6N4/c8-7-10-3-5-1-2-9-4-6(5)11-7/h1-4H,(H2,8,10,11)/i/hD. The van der Waals surface area contributed by atoms with Gasteiger partial charge in [-0.1, -0.05) is 0 Å². The number of nitrogen functional groups attached to an aromatic ring is 1. The molecule has 2 heterocycles. The fourth-order valence-electron chi connectivity index (χ4n) is 0.873. The molecule has 54 valence electrons. The zero-order valence-electron chi connectivity index (χ0n) is 6.65. The molecule has 0 aromatic carbocycles. The minimum absolute atomic E-state index is 0.288. The summed E-state index contributed by atoms with van der Waals surface area (Å²) in [6.45, 7) is 0. The van der Waals surface area contributed by atoms with E-state index in [0.717, 1.165) is 10.9 Å². The number of nitrogens with two attached hydrogens (primary N) is 1. The lowest BCUT2D eigenvalue weighted by atomic mass is 10.3. The number of fused-ring (bicyclic) bond motifs is 1. The van der Waals surface area contributed by atoms with Crippen LogP contribution in [0.5, 0.6) is 0 Å². The van der Waals surface area contributed by atoms with Crippen molar-refractivity contribution in [1.29, 1.82) is 0 Å². The Morgan fingerprint density at radius 2 is 2.45 bits per heavy atom. The maximum Gasteiger partial charge on any atom is 0.220 e. The molecule has 2 N–H and O–H groups in total. The molecule has 2 aromatic heterocycles. The van der Waals surface area contributed by atoms with Gasteiger partial charge in [0.2, 0.25) is 5.95 Å². The Morgan fingerprint density at radius 3 is 3.36 bits per heavy atom. The van der Waals surface area contributed by atoms with Crippen LogP contribution in [0.25, 0.3) is 10.9 Å². The van der Waals surface area contributed by atoms with Gasteiger partial charge in [-0.2, -0.15) is 0 Å². The summed E-state index contributed by atoms with van der Waals surface area (Å²) in [6, 6.07) is 1.82. The Bertz CT molecular complexity index is 403.